The summed E-state index contributed by atoms with van der Waals surface area (Å²) in [6.07, 6.45) is 0. The largest absolute Gasteiger partial charge is 0.708 e. The molecule has 4 nitrogen and oxygen atoms in total. The predicted molar refractivity (Wildman–Crippen MR) is 15.8 cm³/mol. The zero-order chi connectivity index (χ0) is 4.57. The summed E-state index contributed by atoms with van der Waals surface area (Å²) >= 11 is 0. The third-order valence-corrected chi connectivity index (χ3v) is 1.06. The van der Waals surface area contributed by atoms with Gasteiger partial charge in [0.1, 0.15) is 0 Å². The van der Waals surface area contributed by atoms with Crippen LogP contribution in [0.1, 0.15) is 0 Å². The molecule has 0 bridgehead atoms. The van der Waals surface area contributed by atoms with Crippen LogP contribution in [0.15, 0.2) is 0 Å². The molecule has 0 spiro atoms. The zero-order valence-electron chi connectivity index (χ0n) is 2.70. The second-order valence-corrected chi connectivity index (χ2v) is 1.61. The quantitative estimate of drug-likeness (QED) is 0.443. The van der Waals surface area contributed by atoms with Gasteiger partial charge < -0.3 is 5.11 Å². The van der Waals surface area contributed by atoms with Crippen molar-refractivity contribution < 1.29 is 18.7 Å². The molecule has 1 heterocycles. The Hall–Kier alpha value is -0.0200. The maximum Gasteiger partial charge on any atom is 0.708 e. The SMILES string of the molecule is O=[P+]1OC(O)O1. The molecule has 0 aromatic heterocycles. The van der Waals surface area contributed by atoms with Gasteiger partial charge in [0.2, 0.25) is 0 Å². The molecule has 6 heavy (non-hydrogen) atoms. The van der Waals surface area contributed by atoms with Crippen molar-refractivity contribution in [3.05, 3.63) is 0 Å². The molecule has 0 aromatic rings. The molecule has 0 amide bonds. The lowest BCUT2D eigenvalue weighted by Crippen LogP contribution is -2.17. The minimum absolute atomic E-state index is 1.24. The third kappa shape index (κ3) is 0.555. The number of hydrogen-bond acceptors (Lipinski definition) is 4. The van der Waals surface area contributed by atoms with Crippen molar-refractivity contribution in [2.45, 2.75) is 6.48 Å². The summed E-state index contributed by atoms with van der Waals surface area (Å²) in [7, 11) is -1.96. The smallest absolute Gasteiger partial charge is 0.340 e. The van der Waals surface area contributed by atoms with Crippen LogP contribution in [0, 0.1) is 0 Å². The molecular formula is CH2O4P+. The Balaban J connectivity index is 2.28. The number of aliphatic hydroxyl groups is 1. The lowest BCUT2D eigenvalue weighted by atomic mass is 11.4. The molecule has 34 valence electrons. The Morgan fingerprint density at radius 1 is 1.67 bits per heavy atom. The first-order chi connectivity index (χ1) is 2.79. The van der Waals surface area contributed by atoms with Gasteiger partial charge in [-0.25, -0.2) is 0 Å². The van der Waals surface area contributed by atoms with Gasteiger partial charge in [0.15, 0.2) is 0 Å². The highest BCUT2D eigenvalue weighted by Gasteiger charge is 2.44. The topological polar surface area (TPSA) is 55.8 Å². The van der Waals surface area contributed by atoms with Crippen LogP contribution in [-0.4, -0.2) is 11.6 Å². The molecule has 0 aromatic carbocycles. The van der Waals surface area contributed by atoms with Gasteiger partial charge in [-0.3, -0.25) is 0 Å². The van der Waals surface area contributed by atoms with E-state index < -0.39 is 14.7 Å². The highest BCUT2D eigenvalue weighted by Crippen LogP contribution is 2.37. The standard InChI is InChI=1S/CH2O4P/c2-1-4-6(3)5-1/h1-2H/q+1. The number of aliphatic hydroxyl groups excluding tert-OH is 1. The van der Waals surface area contributed by atoms with E-state index in [1.165, 1.54) is 0 Å². The Bertz CT molecular complexity index is 71.6. The number of rotatable bonds is 0. The Kier molecular flexibility index (Phi) is 0.856. The average molecular weight is 109 g/mol. The predicted octanol–water partition coefficient (Wildman–Crippen LogP) is -0.0335. The summed E-state index contributed by atoms with van der Waals surface area (Å²) in [5, 5.41) is 7.99. The second-order valence-electron chi connectivity index (χ2n) is 0.741. The van der Waals surface area contributed by atoms with Crippen LogP contribution in [0.5, 0.6) is 0 Å². The Labute approximate surface area is 34.6 Å². The molecule has 1 N–H and O–H groups in total. The lowest BCUT2D eigenvalue weighted by Gasteiger charge is -2.00. The molecule has 0 saturated carbocycles. The molecule has 0 unspecified atom stereocenters. The van der Waals surface area contributed by atoms with Crippen LogP contribution in [0.2, 0.25) is 0 Å². The molecule has 1 aliphatic rings. The van der Waals surface area contributed by atoms with Crippen LogP contribution in [0.3, 0.4) is 0 Å². The van der Waals surface area contributed by atoms with E-state index in [0.717, 1.165) is 0 Å². The monoisotopic (exact) mass is 109 g/mol. The van der Waals surface area contributed by atoms with E-state index >= 15 is 0 Å². The van der Waals surface area contributed by atoms with Gasteiger partial charge in [0.05, 0.1) is 0 Å². The van der Waals surface area contributed by atoms with Gasteiger partial charge in [-0.15, -0.1) is 0 Å². The van der Waals surface area contributed by atoms with Crippen LogP contribution in [0.4, 0.5) is 0 Å². The van der Waals surface area contributed by atoms with Crippen molar-refractivity contribution in [3.63, 3.8) is 0 Å². The lowest BCUT2D eigenvalue weighted by molar-refractivity contribution is -0.219. The van der Waals surface area contributed by atoms with E-state index in [2.05, 4.69) is 9.05 Å². The number of hydrogen-bond donors (Lipinski definition) is 1. The fourth-order valence-electron chi connectivity index (χ4n) is 0.155. The molecule has 0 atom stereocenters. The summed E-state index contributed by atoms with van der Waals surface area (Å²) < 4.78 is 17.6. The van der Waals surface area contributed by atoms with E-state index in [9.17, 15) is 4.57 Å². The van der Waals surface area contributed by atoms with Gasteiger partial charge in [0, 0.05) is 4.57 Å². The fourth-order valence-corrected chi connectivity index (χ4v) is 0.465. The third-order valence-electron chi connectivity index (χ3n) is 0.352. The Morgan fingerprint density at radius 3 is 2.17 bits per heavy atom. The van der Waals surface area contributed by atoms with Crippen LogP contribution in [0.25, 0.3) is 0 Å². The van der Waals surface area contributed by atoms with E-state index in [1.54, 1.807) is 0 Å². The van der Waals surface area contributed by atoms with Crippen molar-refractivity contribution in [2.24, 2.45) is 0 Å². The molecule has 1 fully saturated rings. The zero-order valence-corrected chi connectivity index (χ0v) is 3.59. The average Bonchev–Trinajstić information content (AvgIpc) is 1.33. The summed E-state index contributed by atoms with van der Waals surface area (Å²) in [5.74, 6) is 0. The minimum atomic E-state index is -1.96. The molecule has 1 aliphatic heterocycles. The maximum atomic E-state index is 9.65. The highest BCUT2D eigenvalue weighted by molar-refractivity contribution is 7.34. The molecule has 0 radical (unpaired) electrons. The van der Waals surface area contributed by atoms with Crippen molar-refractivity contribution in [1.82, 2.24) is 0 Å². The molecular weight excluding hydrogens is 107 g/mol. The summed E-state index contributed by atoms with van der Waals surface area (Å²) in [6, 6.07) is 0. The minimum Gasteiger partial charge on any atom is -0.340 e. The first-order valence-corrected chi connectivity index (χ1v) is 2.37. The first kappa shape index (κ1) is 4.15. The van der Waals surface area contributed by atoms with Gasteiger partial charge >= 0.3 is 14.7 Å². The summed E-state index contributed by atoms with van der Waals surface area (Å²) in [4.78, 5) is 0. The summed E-state index contributed by atoms with van der Waals surface area (Å²) in [5.41, 5.74) is 0. The van der Waals surface area contributed by atoms with Crippen LogP contribution < -0.4 is 0 Å². The molecule has 5 heteroatoms. The Morgan fingerprint density at radius 2 is 2.17 bits per heavy atom. The van der Waals surface area contributed by atoms with Gasteiger partial charge in [-0.05, 0) is 0 Å². The van der Waals surface area contributed by atoms with Crippen LogP contribution in [-0.2, 0) is 13.6 Å². The second kappa shape index (κ2) is 1.24. The van der Waals surface area contributed by atoms with E-state index in [4.69, 9.17) is 5.11 Å². The van der Waals surface area contributed by atoms with Gasteiger partial charge in [-0.1, -0.05) is 9.05 Å². The van der Waals surface area contributed by atoms with Crippen molar-refractivity contribution >= 4 is 8.25 Å². The van der Waals surface area contributed by atoms with Gasteiger partial charge in [-0.2, -0.15) is 0 Å². The fraction of sp³-hybridized carbons (Fsp3) is 1.00. The van der Waals surface area contributed by atoms with E-state index in [0.29, 0.717) is 0 Å². The summed E-state index contributed by atoms with van der Waals surface area (Å²) in [6.45, 7) is -1.24. The maximum absolute atomic E-state index is 9.65. The van der Waals surface area contributed by atoms with E-state index in [1.807, 2.05) is 0 Å². The van der Waals surface area contributed by atoms with Crippen molar-refractivity contribution in [1.29, 1.82) is 0 Å². The molecule has 1 saturated heterocycles. The van der Waals surface area contributed by atoms with Gasteiger partial charge in [0.25, 0.3) is 0 Å². The normalized spacial score (nSPS) is 38.8. The molecule has 1 rings (SSSR count). The van der Waals surface area contributed by atoms with Crippen molar-refractivity contribution in [2.75, 3.05) is 0 Å². The molecule has 0 aliphatic carbocycles. The first-order valence-electron chi connectivity index (χ1n) is 1.28. The van der Waals surface area contributed by atoms with Crippen molar-refractivity contribution in [3.8, 4) is 0 Å². The highest BCUT2D eigenvalue weighted by atomic mass is 31.1. The van der Waals surface area contributed by atoms with Crippen LogP contribution >= 0.6 is 8.25 Å². The van der Waals surface area contributed by atoms with E-state index in [-0.39, 0.29) is 0 Å².